The van der Waals surface area contributed by atoms with Gasteiger partial charge in [0, 0.05) is 18.2 Å². The molecule has 1 fully saturated rings. The smallest absolute Gasteiger partial charge is 0.390 e. The quantitative estimate of drug-likeness (QED) is 0.187. The lowest BCUT2D eigenvalue weighted by Crippen LogP contribution is -2.34. The number of nitrogens with zero attached hydrogens (tertiary/aromatic N) is 1. The van der Waals surface area contributed by atoms with Gasteiger partial charge in [-0.1, -0.05) is 11.6 Å². The van der Waals surface area contributed by atoms with Gasteiger partial charge < -0.3 is 29.4 Å². The van der Waals surface area contributed by atoms with Crippen molar-refractivity contribution in [2.45, 2.75) is 37.3 Å². The van der Waals surface area contributed by atoms with Crippen LogP contribution in [0.15, 0.2) is 15.8 Å². The zero-order chi connectivity index (χ0) is 23.1. The molecule has 1 aliphatic heterocycles. The van der Waals surface area contributed by atoms with Gasteiger partial charge in [0.2, 0.25) is 0 Å². The monoisotopic (exact) mass is 516 g/mol. The fourth-order valence-corrected chi connectivity index (χ4v) is 5.93. The van der Waals surface area contributed by atoms with Crippen molar-refractivity contribution in [2.24, 2.45) is 0 Å². The molecule has 1 aliphatic rings. The van der Waals surface area contributed by atoms with Gasteiger partial charge in [-0.05, 0) is 6.92 Å². The van der Waals surface area contributed by atoms with Crippen LogP contribution >= 0.6 is 35.1 Å². The fraction of sp³-hybridized carbons (Fsp3) is 0.600. The molecule has 1 aromatic heterocycles. The van der Waals surface area contributed by atoms with E-state index < -0.39 is 58.7 Å². The minimum Gasteiger partial charge on any atom is -0.390 e. The number of H-pyrrole nitrogens is 1. The van der Waals surface area contributed by atoms with Gasteiger partial charge in [0.25, 0.3) is 5.56 Å². The van der Waals surface area contributed by atoms with Crippen LogP contribution in [0.3, 0.4) is 0 Å². The number of aromatic amines is 1. The number of rotatable bonds is 8. The molecule has 20 heteroatoms. The summed E-state index contributed by atoms with van der Waals surface area (Å²) in [5, 5.41) is 10.1. The normalized spacial score (nSPS) is 27.4. The molecule has 0 saturated carbocycles. The summed E-state index contributed by atoms with van der Waals surface area (Å²) in [6.45, 7) is 1.40. The maximum absolute atomic E-state index is 11.9. The average Bonchev–Trinajstić information content (AvgIpc) is 2.88. The summed E-state index contributed by atoms with van der Waals surface area (Å²) in [5.74, 6) is 0. The SMILES string of the molecule is Cc1cn([C@H]2C[C@H](O)[C@@H](C(Cl)OP(=O)(O)OP(=O)(O)OP(=O)(O)O)O2)c(=O)[nH]c1=O. The number of ether oxygens (including phenoxy) is 1. The lowest BCUT2D eigenvalue weighted by molar-refractivity contribution is -0.0571. The molecule has 0 aliphatic carbocycles. The maximum Gasteiger partial charge on any atom is 0.490 e. The predicted octanol–water partition coefficient (Wildman–Crippen LogP) is -0.598. The zero-order valence-electron chi connectivity index (χ0n) is 14.7. The van der Waals surface area contributed by atoms with Crippen LogP contribution in [0.5, 0.6) is 0 Å². The van der Waals surface area contributed by atoms with E-state index in [0.29, 0.717) is 0 Å². The number of aliphatic hydroxyl groups is 1. The Labute approximate surface area is 171 Å². The Balaban J connectivity index is 2.11. The second-order valence-corrected chi connectivity index (χ2v) is 10.7. The minimum absolute atomic E-state index is 0.145. The van der Waals surface area contributed by atoms with Crippen LogP contribution < -0.4 is 11.2 Å². The molecule has 1 saturated heterocycles. The van der Waals surface area contributed by atoms with Gasteiger partial charge in [0.1, 0.15) is 12.3 Å². The molecule has 1 aromatic rings. The first-order valence-corrected chi connectivity index (χ1v) is 12.6. The molecule has 172 valence electrons. The van der Waals surface area contributed by atoms with E-state index in [4.69, 9.17) is 31.0 Å². The first-order chi connectivity index (χ1) is 13.5. The molecule has 16 nitrogen and oxygen atoms in total. The summed E-state index contributed by atoms with van der Waals surface area (Å²) in [6, 6.07) is 0. The highest BCUT2D eigenvalue weighted by Crippen LogP contribution is 2.66. The molecule has 6 N–H and O–H groups in total. The summed E-state index contributed by atoms with van der Waals surface area (Å²) in [5.41, 5.74) is -3.38. The van der Waals surface area contributed by atoms with Crippen LogP contribution in [-0.4, -0.2) is 52.0 Å². The number of alkyl halides is 1. The topological polar surface area (TPSA) is 244 Å². The second kappa shape index (κ2) is 9.04. The second-order valence-electron chi connectivity index (χ2n) is 5.88. The third kappa shape index (κ3) is 6.90. The van der Waals surface area contributed by atoms with Gasteiger partial charge in [-0.15, -0.1) is 0 Å². The van der Waals surface area contributed by atoms with Crippen LogP contribution in [0.2, 0.25) is 0 Å². The molecule has 0 radical (unpaired) electrons. The predicted molar refractivity (Wildman–Crippen MR) is 95.2 cm³/mol. The third-order valence-electron chi connectivity index (χ3n) is 3.50. The number of hydrogen-bond donors (Lipinski definition) is 6. The van der Waals surface area contributed by atoms with Crippen molar-refractivity contribution in [2.75, 3.05) is 0 Å². The van der Waals surface area contributed by atoms with Crippen molar-refractivity contribution in [3.05, 3.63) is 32.6 Å². The summed E-state index contributed by atoms with van der Waals surface area (Å²) < 4.78 is 51.4. The number of nitrogens with one attached hydrogen (secondary N) is 1. The third-order valence-corrected chi connectivity index (χ3v) is 7.78. The Morgan fingerprint density at radius 3 is 2.37 bits per heavy atom. The van der Waals surface area contributed by atoms with Crippen LogP contribution in [0.1, 0.15) is 18.2 Å². The fourth-order valence-electron chi connectivity index (χ4n) is 2.37. The number of halogens is 1. The van der Waals surface area contributed by atoms with E-state index in [9.17, 15) is 33.3 Å². The summed E-state index contributed by atoms with van der Waals surface area (Å²) >= 11 is 5.75. The average molecular weight is 517 g/mol. The molecule has 30 heavy (non-hydrogen) atoms. The number of aromatic nitrogens is 2. The molecule has 0 aromatic carbocycles. The minimum atomic E-state index is -5.76. The van der Waals surface area contributed by atoms with Gasteiger partial charge in [0.15, 0.2) is 5.56 Å². The number of hydrogen-bond acceptors (Lipinski definition) is 10. The molecule has 3 unspecified atom stereocenters. The molecule has 6 atom stereocenters. The van der Waals surface area contributed by atoms with Crippen LogP contribution in [-0.2, 0) is 31.6 Å². The van der Waals surface area contributed by atoms with Crippen molar-refractivity contribution < 1.29 is 56.3 Å². The van der Waals surface area contributed by atoms with Crippen molar-refractivity contribution in [1.82, 2.24) is 9.55 Å². The Hall–Kier alpha value is -0.700. The largest absolute Gasteiger partial charge is 0.490 e. The van der Waals surface area contributed by atoms with Gasteiger partial charge in [-0.25, -0.2) is 18.5 Å². The first-order valence-electron chi connectivity index (χ1n) is 7.61. The molecule has 0 amide bonds. The van der Waals surface area contributed by atoms with Crippen molar-refractivity contribution >= 4 is 35.1 Å². The number of phosphoric ester groups is 1. The summed E-state index contributed by atoms with van der Waals surface area (Å²) in [7, 11) is -16.9. The van der Waals surface area contributed by atoms with E-state index >= 15 is 0 Å². The zero-order valence-corrected chi connectivity index (χ0v) is 18.1. The van der Waals surface area contributed by atoms with Gasteiger partial charge >= 0.3 is 29.2 Å². The van der Waals surface area contributed by atoms with Gasteiger partial charge in [0.05, 0.1) is 6.10 Å². The molecule has 2 heterocycles. The van der Waals surface area contributed by atoms with E-state index in [1.54, 1.807) is 0 Å². The summed E-state index contributed by atoms with van der Waals surface area (Å²) in [6.07, 6.45) is -3.32. The molecule has 0 bridgehead atoms. The highest BCUT2D eigenvalue weighted by Gasteiger charge is 2.46. The summed E-state index contributed by atoms with van der Waals surface area (Å²) in [4.78, 5) is 60.9. The van der Waals surface area contributed by atoms with E-state index in [1.807, 2.05) is 4.98 Å². The first kappa shape index (κ1) is 25.6. The highest BCUT2D eigenvalue weighted by atomic mass is 35.5. The van der Waals surface area contributed by atoms with Gasteiger partial charge in [-0.3, -0.25) is 18.9 Å². The lowest BCUT2D eigenvalue weighted by Gasteiger charge is -2.23. The number of aryl methyl sites for hydroxylation is 1. The Kier molecular flexibility index (Phi) is 7.70. The number of phosphoric acid groups is 3. The van der Waals surface area contributed by atoms with E-state index in [-0.39, 0.29) is 12.0 Å². The molecular weight excluding hydrogens is 500 g/mol. The standard InChI is InChI=1S/C10H16ClN2O14P3/c1-4-3-13(10(16)12-9(4)15)6-2-5(14)7(24-6)8(11)25-29(20,21)27-30(22,23)26-28(17,18)19/h3,5-8,14H,2H2,1H3,(H,20,21)(H,22,23)(H,12,15,16)(H2,17,18,19)/t5-,6+,7-,8?/m0/s1. The molecular formula is C10H16ClN2O14P3. The highest BCUT2D eigenvalue weighted by molar-refractivity contribution is 7.66. The number of aliphatic hydroxyl groups excluding tert-OH is 1. The molecule has 2 rings (SSSR count). The van der Waals surface area contributed by atoms with Gasteiger partial charge in [-0.2, -0.15) is 8.62 Å². The van der Waals surface area contributed by atoms with Crippen molar-refractivity contribution in [3.63, 3.8) is 0 Å². The van der Waals surface area contributed by atoms with Crippen molar-refractivity contribution in [3.8, 4) is 0 Å². The Morgan fingerprint density at radius 1 is 1.20 bits per heavy atom. The van der Waals surface area contributed by atoms with E-state index in [0.717, 1.165) is 10.8 Å². The van der Waals surface area contributed by atoms with Crippen LogP contribution in [0.25, 0.3) is 0 Å². The molecule has 0 spiro atoms. The Morgan fingerprint density at radius 2 is 1.80 bits per heavy atom. The Bertz CT molecular complexity index is 1050. The van der Waals surface area contributed by atoms with E-state index in [2.05, 4.69) is 13.1 Å². The lowest BCUT2D eigenvalue weighted by atomic mass is 10.2. The van der Waals surface area contributed by atoms with Crippen molar-refractivity contribution in [1.29, 1.82) is 0 Å². The van der Waals surface area contributed by atoms with E-state index in [1.165, 1.54) is 6.92 Å². The van der Waals surface area contributed by atoms with Crippen LogP contribution in [0.4, 0.5) is 0 Å². The maximum atomic E-state index is 11.9. The van der Waals surface area contributed by atoms with Crippen LogP contribution in [0, 0.1) is 6.92 Å².